The van der Waals surface area contributed by atoms with Gasteiger partial charge >= 0.3 is 0 Å². The highest BCUT2D eigenvalue weighted by atomic mass is 32.2. The third kappa shape index (κ3) is 4.31. The number of methoxy groups -OCH3 is 1. The van der Waals surface area contributed by atoms with Crippen LogP contribution in [0.3, 0.4) is 0 Å². The highest BCUT2D eigenvalue weighted by Gasteiger charge is 2.19. The molecule has 0 saturated carbocycles. The van der Waals surface area contributed by atoms with Gasteiger partial charge in [-0.05, 0) is 42.8 Å². The van der Waals surface area contributed by atoms with Crippen molar-refractivity contribution in [2.45, 2.75) is 23.6 Å². The Bertz CT molecular complexity index is 865. The molecule has 3 rings (SSSR count). The maximum absolute atomic E-state index is 12.6. The van der Waals surface area contributed by atoms with E-state index in [1.807, 2.05) is 67.6 Å². The Kier molecular flexibility index (Phi) is 5.56. The van der Waals surface area contributed by atoms with Crippen LogP contribution in [-0.4, -0.2) is 23.3 Å². The highest BCUT2D eigenvalue weighted by Crippen LogP contribution is 2.27. The number of thioether (sulfide) groups is 1. The Labute approximate surface area is 151 Å². The van der Waals surface area contributed by atoms with Gasteiger partial charge in [-0.2, -0.15) is 0 Å². The van der Waals surface area contributed by atoms with Gasteiger partial charge in [0.1, 0.15) is 5.75 Å². The van der Waals surface area contributed by atoms with Gasteiger partial charge in [0.25, 0.3) is 0 Å². The first kappa shape index (κ1) is 17.3. The van der Waals surface area contributed by atoms with Gasteiger partial charge in [-0.1, -0.05) is 43.0 Å². The second-order valence-corrected chi connectivity index (χ2v) is 6.80. The van der Waals surface area contributed by atoms with E-state index >= 15 is 0 Å². The number of nitrogens with one attached hydrogen (secondary N) is 1. The highest BCUT2D eigenvalue weighted by molar-refractivity contribution is 8.00. The van der Waals surface area contributed by atoms with Crippen LogP contribution in [0.15, 0.2) is 65.7 Å². The zero-order chi connectivity index (χ0) is 17.6. The van der Waals surface area contributed by atoms with Gasteiger partial charge in [0, 0.05) is 11.1 Å². The van der Waals surface area contributed by atoms with Gasteiger partial charge in [0.05, 0.1) is 22.9 Å². The van der Waals surface area contributed by atoms with E-state index < -0.39 is 0 Å². The normalized spacial score (nSPS) is 11.9. The summed E-state index contributed by atoms with van der Waals surface area (Å²) in [5, 5.41) is 4.72. The third-order valence-electron chi connectivity index (χ3n) is 3.86. The SMILES string of the molecule is CCC(Sc1ccc2ccccc2n1)C(=O)Nc1ccc(OC)cc1. The van der Waals surface area contributed by atoms with Crippen LogP contribution < -0.4 is 10.1 Å². The molecule has 5 heteroatoms. The molecule has 1 heterocycles. The van der Waals surface area contributed by atoms with E-state index in [2.05, 4.69) is 10.3 Å². The number of benzene rings is 2. The van der Waals surface area contributed by atoms with Crippen molar-refractivity contribution in [3.05, 3.63) is 60.7 Å². The summed E-state index contributed by atoms with van der Waals surface area (Å²) in [6, 6.07) is 19.3. The van der Waals surface area contributed by atoms with Crippen LogP contribution in [0.25, 0.3) is 10.9 Å². The van der Waals surface area contributed by atoms with Gasteiger partial charge in [0.2, 0.25) is 5.91 Å². The number of ether oxygens (including phenoxy) is 1. The van der Waals surface area contributed by atoms with Gasteiger partial charge in [-0.3, -0.25) is 4.79 Å². The molecule has 0 bridgehead atoms. The summed E-state index contributed by atoms with van der Waals surface area (Å²) in [7, 11) is 1.62. The number of pyridine rings is 1. The molecule has 0 spiro atoms. The van der Waals surface area contributed by atoms with E-state index in [1.165, 1.54) is 11.8 Å². The standard InChI is InChI=1S/C20H20N2O2S/c1-3-18(20(23)21-15-9-11-16(24-2)12-10-15)25-19-13-8-14-6-4-5-7-17(14)22-19/h4-13,18H,3H2,1-2H3,(H,21,23). The largest absolute Gasteiger partial charge is 0.497 e. The Morgan fingerprint density at radius 3 is 2.60 bits per heavy atom. The maximum atomic E-state index is 12.6. The average molecular weight is 352 g/mol. The van der Waals surface area contributed by atoms with Crippen molar-refractivity contribution in [3.8, 4) is 5.75 Å². The van der Waals surface area contributed by atoms with E-state index in [-0.39, 0.29) is 11.2 Å². The first-order valence-electron chi connectivity index (χ1n) is 8.17. The van der Waals surface area contributed by atoms with E-state index in [4.69, 9.17) is 4.74 Å². The number of fused-ring (bicyclic) bond motifs is 1. The zero-order valence-corrected chi connectivity index (χ0v) is 15.0. The minimum Gasteiger partial charge on any atom is -0.497 e. The number of carbonyl (C=O) groups excluding carboxylic acids is 1. The number of nitrogens with zero attached hydrogens (tertiary/aromatic N) is 1. The molecule has 1 amide bonds. The van der Waals surface area contributed by atoms with Crippen LogP contribution in [0.2, 0.25) is 0 Å². The molecule has 1 N–H and O–H groups in total. The number of para-hydroxylation sites is 1. The van der Waals surface area contributed by atoms with Crippen molar-refractivity contribution >= 4 is 34.3 Å². The topological polar surface area (TPSA) is 51.2 Å². The molecule has 2 aromatic carbocycles. The van der Waals surface area contributed by atoms with Gasteiger partial charge in [-0.25, -0.2) is 4.98 Å². The molecule has 25 heavy (non-hydrogen) atoms. The lowest BCUT2D eigenvalue weighted by Gasteiger charge is -2.14. The minimum absolute atomic E-state index is 0.0207. The summed E-state index contributed by atoms with van der Waals surface area (Å²) < 4.78 is 5.13. The summed E-state index contributed by atoms with van der Waals surface area (Å²) in [4.78, 5) is 17.2. The lowest BCUT2D eigenvalue weighted by molar-refractivity contribution is -0.115. The molecule has 0 aliphatic carbocycles. The van der Waals surface area contributed by atoms with Crippen molar-refractivity contribution in [3.63, 3.8) is 0 Å². The van der Waals surface area contributed by atoms with Crippen molar-refractivity contribution in [2.75, 3.05) is 12.4 Å². The van der Waals surface area contributed by atoms with Gasteiger partial charge in [-0.15, -0.1) is 0 Å². The monoisotopic (exact) mass is 352 g/mol. The fourth-order valence-corrected chi connectivity index (χ4v) is 3.40. The molecule has 128 valence electrons. The predicted molar refractivity (Wildman–Crippen MR) is 103 cm³/mol. The van der Waals surface area contributed by atoms with Crippen LogP contribution in [0.4, 0.5) is 5.69 Å². The molecular weight excluding hydrogens is 332 g/mol. The molecule has 1 aromatic heterocycles. The van der Waals surface area contributed by atoms with Crippen molar-refractivity contribution < 1.29 is 9.53 Å². The number of hydrogen-bond donors (Lipinski definition) is 1. The molecule has 0 radical (unpaired) electrons. The summed E-state index contributed by atoms with van der Waals surface area (Å²) in [5.74, 6) is 0.743. The second-order valence-electron chi connectivity index (χ2n) is 5.57. The van der Waals surface area contributed by atoms with E-state index in [0.29, 0.717) is 0 Å². The van der Waals surface area contributed by atoms with Gasteiger partial charge < -0.3 is 10.1 Å². The number of hydrogen-bond acceptors (Lipinski definition) is 4. The van der Waals surface area contributed by atoms with Crippen LogP contribution in [0.5, 0.6) is 5.75 Å². The molecule has 4 nitrogen and oxygen atoms in total. The lowest BCUT2D eigenvalue weighted by Crippen LogP contribution is -2.24. The van der Waals surface area contributed by atoms with E-state index in [1.54, 1.807) is 7.11 Å². The molecule has 1 atom stereocenters. The minimum atomic E-state index is -0.198. The average Bonchev–Trinajstić information content (AvgIpc) is 2.66. The van der Waals surface area contributed by atoms with Gasteiger partial charge in [0.15, 0.2) is 0 Å². The van der Waals surface area contributed by atoms with Crippen molar-refractivity contribution in [1.82, 2.24) is 4.98 Å². The summed E-state index contributed by atoms with van der Waals surface area (Å²) in [6.45, 7) is 2.01. The van der Waals surface area contributed by atoms with Crippen LogP contribution >= 0.6 is 11.8 Å². The number of rotatable bonds is 6. The quantitative estimate of drug-likeness (QED) is 0.650. The molecular formula is C20H20N2O2S. The smallest absolute Gasteiger partial charge is 0.237 e. The summed E-state index contributed by atoms with van der Waals surface area (Å²) >= 11 is 1.49. The number of carbonyl (C=O) groups is 1. The summed E-state index contributed by atoms with van der Waals surface area (Å²) in [5.41, 5.74) is 1.70. The molecule has 3 aromatic rings. The van der Waals surface area contributed by atoms with E-state index in [9.17, 15) is 4.79 Å². The molecule has 0 saturated heterocycles. The van der Waals surface area contributed by atoms with Crippen LogP contribution in [-0.2, 0) is 4.79 Å². The fourth-order valence-electron chi connectivity index (χ4n) is 2.48. The third-order valence-corrected chi connectivity index (χ3v) is 5.16. The van der Waals surface area contributed by atoms with Crippen molar-refractivity contribution in [1.29, 1.82) is 0 Å². The van der Waals surface area contributed by atoms with Crippen LogP contribution in [0, 0.1) is 0 Å². The molecule has 0 aliphatic heterocycles. The summed E-state index contributed by atoms with van der Waals surface area (Å²) in [6.07, 6.45) is 0.723. The Morgan fingerprint density at radius 2 is 1.88 bits per heavy atom. The number of aromatic nitrogens is 1. The zero-order valence-electron chi connectivity index (χ0n) is 14.2. The van der Waals surface area contributed by atoms with Crippen LogP contribution in [0.1, 0.15) is 13.3 Å². The second kappa shape index (κ2) is 8.03. The molecule has 0 aliphatic rings. The van der Waals surface area contributed by atoms with E-state index in [0.717, 1.165) is 33.8 Å². The number of anilines is 1. The molecule has 1 unspecified atom stereocenters. The fraction of sp³-hybridized carbons (Fsp3) is 0.200. The number of amides is 1. The Balaban J connectivity index is 1.70. The van der Waals surface area contributed by atoms with Crippen molar-refractivity contribution in [2.24, 2.45) is 0 Å². The first-order chi connectivity index (χ1) is 12.2. The first-order valence-corrected chi connectivity index (χ1v) is 9.05. The lowest BCUT2D eigenvalue weighted by atomic mass is 10.2. The maximum Gasteiger partial charge on any atom is 0.237 e. The Morgan fingerprint density at radius 1 is 1.12 bits per heavy atom. The molecule has 0 fully saturated rings. The Hall–Kier alpha value is -2.53. The predicted octanol–water partition coefficient (Wildman–Crippen LogP) is 4.75.